The average molecular weight is 315 g/mol. The highest BCUT2D eigenvalue weighted by atomic mass is 35.5. The van der Waals surface area contributed by atoms with Crippen molar-refractivity contribution in [2.75, 3.05) is 33.4 Å². The van der Waals surface area contributed by atoms with Gasteiger partial charge in [-0.15, -0.1) is 0 Å². The minimum atomic E-state index is -0.449. The van der Waals surface area contributed by atoms with Gasteiger partial charge in [-0.25, -0.2) is 0 Å². The van der Waals surface area contributed by atoms with Crippen molar-refractivity contribution in [2.24, 2.45) is 5.92 Å². The van der Waals surface area contributed by atoms with E-state index in [0.717, 1.165) is 30.5 Å². The fourth-order valence-electron chi connectivity index (χ4n) is 2.48. The maximum atomic E-state index is 10.1. The number of hydrogen-bond acceptors (Lipinski definition) is 4. The molecule has 0 saturated carbocycles. The molecule has 0 radical (unpaired) electrons. The second-order valence-electron chi connectivity index (χ2n) is 5.63. The summed E-state index contributed by atoms with van der Waals surface area (Å²) in [6.07, 6.45) is 2.00. The maximum absolute atomic E-state index is 10.1. The van der Waals surface area contributed by atoms with Gasteiger partial charge in [0.25, 0.3) is 0 Å². The average Bonchev–Trinajstić information content (AvgIpc) is 2.48. The van der Waals surface area contributed by atoms with Crippen molar-refractivity contribution < 1.29 is 27.0 Å². The Morgan fingerprint density at radius 3 is 2.62 bits per heavy atom. The predicted molar refractivity (Wildman–Crippen MR) is 79.3 cm³/mol. The monoisotopic (exact) mass is 314 g/mol. The van der Waals surface area contributed by atoms with E-state index >= 15 is 0 Å². The molecule has 1 aliphatic heterocycles. The van der Waals surface area contributed by atoms with Crippen molar-refractivity contribution in [3.05, 3.63) is 24.3 Å². The van der Waals surface area contributed by atoms with Crippen LogP contribution in [-0.2, 0) is 0 Å². The standard InChI is InChI=1S/C16H25NO3.ClH/c1-13-6-8-17(9-7-13)11-14(18)12-20-16-5-3-4-15(10-16)19-2;/h3-5,10,13-14,18H,6-9,11-12H2,1-2H3;1H/p-1. The first-order chi connectivity index (χ1) is 9.67. The summed E-state index contributed by atoms with van der Waals surface area (Å²) < 4.78 is 10.8. The Labute approximate surface area is 133 Å². The molecule has 4 nitrogen and oxygen atoms in total. The number of aliphatic hydroxyl groups is 1. The molecule has 1 aromatic carbocycles. The van der Waals surface area contributed by atoms with Crippen molar-refractivity contribution >= 4 is 0 Å². The van der Waals surface area contributed by atoms with Gasteiger partial charge >= 0.3 is 0 Å². The molecule has 1 fully saturated rings. The van der Waals surface area contributed by atoms with Crippen LogP contribution in [0.15, 0.2) is 24.3 Å². The van der Waals surface area contributed by atoms with E-state index in [4.69, 9.17) is 9.47 Å². The molecule has 120 valence electrons. The number of ether oxygens (including phenoxy) is 2. The summed E-state index contributed by atoms with van der Waals surface area (Å²) >= 11 is 0. The second kappa shape index (κ2) is 9.13. The fourth-order valence-corrected chi connectivity index (χ4v) is 2.48. The Kier molecular flexibility index (Phi) is 7.86. The molecular formula is C16H25ClNO3-. The van der Waals surface area contributed by atoms with Gasteiger partial charge in [0.1, 0.15) is 24.2 Å². The third-order valence-corrected chi connectivity index (χ3v) is 3.83. The summed E-state index contributed by atoms with van der Waals surface area (Å²) in [5, 5.41) is 10.1. The van der Waals surface area contributed by atoms with Gasteiger partial charge in [-0.3, -0.25) is 0 Å². The number of methoxy groups -OCH3 is 1. The van der Waals surface area contributed by atoms with Crippen LogP contribution < -0.4 is 21.9 Å². The van der Waals surface area contributed by atoms with Gasteiger partial charge in [0.15, 0.2) is 0 Å². The molecule has 1 atom stereocenters. The maximum Gasteiger partial charge on any atom is 0.123 e. The summed E-state index contributed by atoms with van der Waals surface area (Å²) in [5.74, 6) is 2.31. The predicted octanol–water partition coefficient (Wildman–Crippen LogP) is -0.829. The van der Waals surface area contributed by atoms with Gasteiger partial charge in [-0.05, 0) is 44.0 Å². The van der Waals surface area contributed by atoms with Gasteiger partial charge < -0.3 is 31.9 Å². The summed E-state index contributed by atoms with van der Waals surface area (Å²) in [4.78, 5) is 2.32. The topological polar surface area (TPSA) is 41.9 Å². The molecule has 1 heterocycles. The third kappa shape index (κ3) is 6.12. The Hall–Kier alpha value is -0.970. The summed E-state index contributed by atoms with van der Waals surface area (Å²) in [6.45, 7) is 5.46. The van der Waals surface area contributed by atoms with Gasteiger partial charge in [0.05, 0.1) is 7.11 Å². The number of β-amino-alcohol motifs (C(OH)–C–C–N with tert-alkyl or cyclic N) is 1. The van der Waals surface area contributed by atoms with E-state index < -0.39 is 6.10 Å². The van der Waals surface area contributed by atoms with Crippen molar-refractivity contribution in [3.8, 4) is 11.5 Å². The Bertz CT molecular complexity index is 408. The van der Waals surface area contributed by atoms with Crippen molar-refractivity contribution in [1.82, 2.24) is 4.90 Å². The zero-order valence-corrected chi connectivity index (χ0v) is 13.6. The number of aliphatic hydroxyl groups excluding tert-OH is 1. The molecule has 1 unspecified atom stereocenters. The molecule has 0 spiro atoms. The summed E-state index contributed by atoms with van der Waals surface area (Å²) in [6, 6.07) is 7.46. The number of rotatable bonds is 6. The van der Waals surface area contributed by atoms with E-state index in [1.165, 1.54) is 12.8 Å². The lowest BCUT2D eigenvalue weighted by Crippen LogP contribution is -3.00. The normalized spacial score (nSPS) is 17.9. The van der Waals surface area contributed by atoms with Gasteiger partial charge in [-0.2, -0.15) is 0 Å². The minimum absolute atomic E-state index is 0. The highest BCUT2D eigenvalue weighted by Crippen LogP contribution is 2.19. The Balaban J connectivity index is 0.00000220. The molecule has 0 bridgehead atoms. The highest BCUT2D eigenvalue weighted by molar-refractivity contribution is 5.32. The summed E-state index contributed by atoms with van der Waals surface area (Å²) in [7, 11) is 1.63. The van der Waals surface area contributed by atoms with Crippen LogP contribution in [0.4, 0.5) is 0 Å². The number of piperidine rings is 1. The van der Waals surface area contributed by atoms with Crippen LogP contribution in [-0.4, -0.2) is 49.5 Å². The first-order valence-electron chi connectivity index (χ1n) is 7.34. The molecule has 1 saturated heterocycles. The van der Waals surface area contributed by atoms with Gasteiger partial charge in [0, 0.05) is 12.6 Å². The number of hydrogen-bond donors (Lipinski definition) is 1. The zero-order chi connectivity index (χ0) is 14.4. The van der Waals surface area contributed by atoms with E-state index in [9.17, 15) is 5.11 Å². The zero-order valence-electron chi connectivity index (χ0n) is 12.8. The van der Waals surface area contributed by atoms with Crippen LogP contribution >= 0.6 is 0 Å². The van der Waals surface area contributed by atoms with E-state index in [1.807, 2.05) is 24.3 Å². The largest absolute Gasteiger partial charge is 1.00 e. The number of halogens is 1. The lowest BCUT2D eigenvalue weighted by molar-refractivity contribution is -0.00000676. The lowest BCUT2D eigenvalue weighted by atomic mass is 9.99. The molecule has 1 aromatic rings. The highest BCUT2D eigenvalue weighted by Gasteiger charge is 2.18. The first-order valence-corrected chi connectivity index (χ1v) is 7.34. The van der Waals surface area contributed by atoms with Crippen molar-refractivity contribution in [2.45, 2.75) is 25.9 Å². The Morgan fingerprint density at radius 2 is 1.95 bits per heavy atom. The van der Waals surface area contributed by atoms with Crippen LogP contribution in [0, 0.1) is 5.92 Å². The van der Waals surface area contributed by atoms with Crippen molar-refractivity contribution in [1.29, 1.82) is 0 Å². The number of likely N-dealkylation sites (tertiary alicyclic amines) is 1. The van der Waals surface area contributed by atoms with Crippen LogP contribution in [0.2, 0.25) is 0 Å². The second-order valence-corrected chi connectivity index (χ2v) is 5.63. The van der Waals surface area contributed by atoms with Gasteiger partial charge in [0.2, 0.25) is 0 Å². The van der Waals surface area contributed by atoms with E-state index in [1.54, 1.807) is 7.11 Å². The summed E-state index contributed by atoms with van der Waals surface area (Å²) in [5.41, 5.74) is 0. The number of benzene rings is 1. The van der Waals surface area contributed by atoms with Crippen molar-refractivity contribution in [3.63, 3.8) is 0 Å². The molecule has 1 aliphatic rings. The van der Waals surface area contributed by atoms with Gasteiger partial charge in [-0.1, -0.05) is 13.0 Å². The van der Waals surface area contributed by atoms with E-state index in [2.05, 4.69) is 11.8 Å². The number of nitrogens with zero attached hydrogens (tertiary/aromatic N) is 1. The minimum Gasteiger partial charge on any atom is -1.00 e. The molecule has 21 heavy (non-hydrogen) atoms. The molecule has 0 aliphatic carbocycles. The molecule has 1 N–H and O–H groups in total. The fraction of sp³-hybridized carbons (Fsp3) is 0.625. The molecule has 2 rings (SSSR count). The van der Waals surface area contributed by atoms with Crippen LogP contribution in [0.25, 0.3) is 0 Å². The molecule has 0 aromatic heterocycles. The smallest absolute Gasteiger partial charge is 0.123 e. The lowest BCUT2D eigenvalue weighted by Gasteiger charge is -2.31. The third-order valence-electron chi connectivity index (χ3n) is 3.83. The van der Waals surface area contributed by atoms with Crippen LogP contribution in [0.5, 0.6) is 11.5 Å². The van der Waals surface area contributed by atoms with Crippen LogP contribution in [0.1, 0.15) is 19.8 Å². The first kappa shape index (κ1) is 18.1. The van der Waals surface area contributed by atoms with Crippen LogP contribution in [0.3, 0.4) is 0 Å². The quantitative estimate of drug-likeness (QED) is 0.744. The molecule has 5 heteroatoms. The van der Waals surface area contributed by atoms with E-state index in [-0.39, 0.29) is 12.4 Å². The Morgan fingerprint density at radius 1 is 1.29 bits per heavy atom. The molecular weight excluding hydrogens is 290 g/mol. The SMILES string of the molecule is COc1cccc(OCC(O)CN2CCC(C)CC2)c1.[Cl-]. The van der Waals surface area contributed by atoms with E-state index in [0.29, 0.717) is 13.2 Å². The molecule has 0 amide bonds.